The van der Waals surface area contributed by atoms with Gasteiger partial charge in [-0.15, -0.1) is 0 Å². The summed E-state index contributed by atoms with van der Waals surface area (Å²) in [5, 5.41) is 3.44. The van der Waals surface area contributed by atoms with E-state index in [1.807, 2.05) is 19.9 Å². The predicted octanol–water partition coefficient (Wildman–Crippen LogP) is 2.84. The molecule has 2 aromatic heterocycles. The third-order valence-corrected chi connectivity index (χ3v) is 8.16. The van der Waals surface area contributed by atoms with E-state index in [2.05, 4.69) is 20.3 Å². The molecular formula is C22H25N5O4S2. The molecule has 0 spiro atoms. The van der Waals surface area contributed by atoms with Crippen LogP contribution in [0.1, 0.15) is 30.5 Å². The number of anilines is 1. The number of carbonyl (C=O) groups excluding carboxylic acids is 1. The Labute approximate surface area is 196 Å². The number of piperidine rings is 1. The Hall–Kier alpha value is -2.76. The van der Waals surface area contributed by atoms with Gasteiger partial charge in [0.25, 0.3) is 5.56 Å². The fourth-order valence-corrected chi connectivity index (χ4v) is 6.07. The number of aromatic nitrogens is 3. The summed E-state index contributed by atoms with van der Waals surface area (Å²) < 4.78 is 27.3. The molecule has 1 aromatic carbocycles. The number of hydrogen-bond donors (Lipinski definition) is 2. The second-order valence-electron chi connectivity index (χ2n) is 7.98. The number of rotatable bonds is 6. The fourth-order valence-electron chi connectivity index (χ4n) is 3.85. The van der Waals surface area contributed by atoms with Crippen LogP contribution >= 0.6 is 11.8 Å². The maximum absolute atomic E-state index is 12.9. The number of pyridine rings is 1. The minimum atomic E-state index is -3.59. The summed E-state index contributed by atoms with van der Waals surface area (Å²) in [6.07, 6.45) is 2.74. The van der Waals surface area contributed by atoms with E-state index in [0.717, 1.165) is 42.3 Å². The van der Waals surface area contributed by atoms with Crippen molar-refractivity contribution in [3.63, 3.8) is 0 Å². The zero-order valence-corrected chi connectivity index (χ0v) is 20.1. The maximum atomic E-state index is 12.9. The van der Waals surface area contributed by atoms with E-state index in [1.54, 1.807) is 12.1 Å². The van der Waals surface area contributed by atoms with Crippen LogP contribution in [0.5, 0.6) is 0 Å². The Morgan fingerprint density at radius 3 is 2.67 bits per heavy atom. The number of nitrogens with zero attached hydrogens (tertiary/aromatic N) is 3. The zero-order chi connectivity index (χ0) is 23.6. The Kier molecular flexibility index (Phi) is 6.82. The second kappa shape index (κ2) is 9.62. The van der Waals surface area contributed by atoms with Crippen LogP contribution < -0.4 is 10.9 Å². The SMILES string of the molecule is Cc1cc(C)c2c(=O)[nH]c(SCC(=O)Nc3cccc(S(=O)(=O)N4CCCCC4)c3)nc2n1. The molecule has 3 aromatic rings. The standard InChI is InChI=1S/C22H25N5O4S2/c1-14-11-15(2)23-20-19(14)21(29)26-22(25-20)32-13-18(28)24-16-7-6-8-17(12-16)33(30,31)27-9-4-3-5-10-27/h6-8,11-12H,3-5,9-10,13H2,1-2H3,(H,24,28)(H,23,25,26,29). The van der Waals surface area contributed by atoms with Crippen LogP contribution in [0.4, 0.5) is 5.69 Å². The molecule has 1 aliphatic rings. The molecule has 3 heterocycles. The lowest BCUT2D eigenvalue weighted by atomic mass is 10.2. The highest BCUT2D eigenvalue weighted by atomic mass is 32.2. The lowest BCUT2D eigenvalue weighted by molar-refractivity contribution is -0.113. The van der Waals surface area contributed by atoms with Crippen LogP contribution in [0.3, 0.4) is 0 Å². The van der Waals surface area contributed by atoms with Gasteiger partial charge in [0.2, 0.25) is 15.9 Å². The van der Waals surface area contributed by atoms with E-state index in [0.29, 0.717) is 35.0 Å². The lowest BCUT2D eigenvalue weighted by Gasteiger charge is -2.26. The first-order chi connectivity index (χ1) is 15.7. The quantitative estimate of drug-likeness (QED) is 0.404. The number of aromatic amines is 1. The summed E-state index contributed by atoms with van der Waals surface area (Å²) in [5.41, 5.74) is 1.98. The molecule has 11 heteroatoms. The Morgan fingerprint density at radius 2 is 1.91 bits per heavy atom. The van der Waals surface area contributed by atoms with Crippen molar-refractivity contribution in [2.75, 3.05) is 24.2 Å². The molecule has 9 nitrogen and oxygen atoms in total. The minimum absolute atomic E-state index is 0.0116. The van der Waals surface area contributed by atoms with Gasteiger partial charge in [-0.2, -0.15) is 4.31 Å². The third kappa shape index (κ3) is 5.26. The van der Waals surface area contributed by atoms with Crippen molar-refractivity contribution in [1.29, 1.82) is 0 Å². The van der Waals surface area contributed by atoms with Gasteiger partial charge < -0.3 is 10.3 Å². The van der Waals surface area contributed by atoms with E-state index < -0.39 is 10.0 Å². The number of amides is 1. The number of nitrogens with one attached hydrogen (secondary N) is 2. The zero-order valence-electron chi connectivity index (χ0n) is 18.4. The van der Waals surface area contributed by atoms with Gasteiger partial charge in [-0.1, -0.05) is 24.2 Å². The average molecular weight is 488 g/mol. The number of aryl methyl sites for hydroxylation is 2. The summed E-state index contributed by atoms with van der Waals surface area (Å²) in [5.74, 6) is -0.355. The Balaban J connectivity index is 1.44. The molecule has 0 radical (unpaired) electrons. The molecule has 1 fully saturated rings. The van der Waals surface area contributed by atoms with Gasteiger partial charge >= 0.3 is 0 Å². The van der Waals surface area contributed by atoms with E-state index in [-0.39, 0.29) is 22.1 Å². The van der Waals surface area contributed by atoms with Crippen molar-refractivity contribution in [1.82, 2.24) is 19.3 Å². The van der Waals surface area contributed by atoms with Gasteiger partial charge in [0.1, 0.15) is 0 Å². The van der Waals surface area contributed by atoms with Crippen molar-refractivity contribution in [3.8, 4) is 0 Å². The third-order valence-electron chi connectivity index (χ3n) is 5.39. The molecule has 2 N–H and O–H groups in total. The number of H-pyrrole nitrogens is 1. The van der Waals surface area contributed by atoms with Crippen LogP contribution in [-0.4, -0.2) is 52.4 Å². The number of carbonyl (C=O) groups is 1. The average Bonchev–Trinajstić information content (AvgIpc) is 2.78. The number of benzene rings is 1. The summed E-state index contributed by atoms with van der Waals surface area (Å²) in [4.78, 5) is 36.4. The highest BCUT2D eigenvalue weighted by Gasteiger charge is 2.26. The van der Waals surface area contributed by atoms with Crippen molar-refractivity contribution in [3.05, 3.63) is 51.9 Å². The molecule has 1 aliphatic heterocycles. The normalized spacial score (nSPS) is 15.0. The molecule has 33 heavy (non-hydrogen) atoms. The van der Waals surface area contributed by atoms with E-state index >= 15 is 0 Å². The highest BCUT2D eigenvalue weighted by Crippen LogP contribution is 2.23. The van der Waals surface area contributed by atoms with Crippen molar-refractivity contribution < 1.29 is 13.2 Å². The molecule has 0 unspecified atom stereocenters. The number of thioether (sulfide) groups is 1. The highest BCUT2D eigenvalue weighted by molar-refractivity contribution is 7.99. The first kappa shape index (κ1) is 23.4. The van der Waals surface area contributed by atoms with Gasteiger partial charge in [-0.3, -0.25) is 9.59 Å². The van der Waals surface area contributed by atoms with Gasteiger partial charge in [0.05, 0.1) is 16.0 Å². The molecule has 0 bridgehead atoms. The molecule has 1 amide bonds. The van der Waals surface area contributed by atoms with Crippen LogP contribution in [0.15, 0.2) is 45.2 Å². The minimum Gasteiger partial charge on any atom is -0.325 e. The van der Waals surface area contributed by atoms with Crippen LogP contribution in [0.25, 0.3) is 11.0 Å². The van der Waals surface area contributed by atoms with Crippen molar-refractivity contribution in [2.24, 2.45) is 0 Å². The molecule has 1 saturated heterocycles. The smallest absolute Gasteiger partial charge is 0.261 e. The van der Waals surface area contributed by atoms with Crippen LogP contribution in [0, 0.1) is 13.8 Å². The number of fused-ring (bicyclic) bond motifs is 1. The van der Waals surface area contributed by atoms with Crippen LogP contribution in [0.2, 0.25) is 0 Å². The largest absolute Gasteiger partial charge is 0.325 e. The molecule has 4 rings (SSSR count). The number of sulfonamides is 1. The van der Waals surface area contributed by atoms with Crippen molar-refractivity contribution >= 4 is 44.4 Å². The fraction of sp³-hybridized carbons (Fsp3) is 0.364. The monoisotopic (exact) mass is 487 g/mol. The van der Waals surface area contributed by atoms with Gasteiger partial charge in [0, 0.05) is 24.5 Å². The second-order valence-corrected chi connectivity index (χ2v) is 10.9. The summed E-state index contributed by atoms with van der Waals surface area (Å²) in [7, 11) is -3.59. The Bertz CT molecular complexity index is 1360. The van der Waals surface area contributed by atoms with E-state index in [1.165, 1.54) is 16.4 Å². The molecule has 0 atom stereocenters. The Morgan fingerprint density at radius 1 is 1.15 bits per heavy atom. The summed E-state index contributed by atoms with van der Waals surface area (Å²) in [6, 6.07) is 8.08. The molecular weight excluding hydrogens is 462 g/mol. The predicted molar refractivity (Wildman–Crippen MR) is 128 cm³/mol. The lowest BCUT2D eigenvalue weighted by Crippen LogP contribution is -2.35. The van der Waals surface area contributed by atoms with E-state index in [9.17, 15) is 18.0 Å². The van der Waals surface area contributed by atoms with Crippen LogP contribution in [-0.2, 0) is 14.8 Å². The number of hydrogen-bond acceptors (Lipinski definition) is 7. The van der Waals surface area contributed by atoms with Gasteiger partial charge in [0.15, 0.2) is 10.8 Å². The first-order valence-electron chi connectivity index (χ1n) is 10.7. The molecule has 0 saturated carbocycles. The van der Waals surface area contributed by atoms with Gasteiger partial charge in [-0.05, 0) is 56.5 Å². The topological polar surface area (TPSA) is 125 Å². The van der Waals surface area contributed by atoms with E-state index in [4.69, 9.17) is 0 Å². The first-order valence-corrected chi connectivity index (χ1v) is 13.1. The summed E-state index contributed by atoms with van der Waals surface area (Å²) >= 11 is 1.08. The molecule has 0 aliphatic carbocycles. The molecule has 174 valence electrons. The maximum Gasteiger partial charge on any atom is 0.261 e. The summed E-state index contributed by atoms with van der Waals surface area (Å²) in [6.45, 7) is 4.68. The van der Waals surface area contributed by atoms with Crippen molar-refractivity contribution in [2.45, 2.75) is 43.2 Å². The van der Waals surface area contributed by atoms with Gasteiger partial charge in [-0.25, -0.2) is 18.4 Å².